The molecule has 0 aromatic carbocycles. The molecule has 3 nitrogen and oxygen atoms in total. The largest absolute Gasteiger partial charge is 0.389 e. The van der Waals surface area contributed by atoms with Gasteiger partial charge in [0.15, 0.2) is 0 Å². The Hall–Kier alpha value is -0.120. The van der Waals surface area contributed by atoms with E-state index in [1.165, 1.54) is 19.3 Å². The third-order valence-electron chi connectivity index (χ3n) is 4.17. The first kappa shape index (κ1) is 9.13. The van der Waals surface area contributed by atoms with Crippen LogP contribution in [0.25, 0.3) is 0 Å². The van der Waals surface area contributed by atoms with Gasteiger partial charge < -0.3 is 15.2 Å². The molecule has 3 aliphatic heterocycles. The molecule has 3 heteroatoms. The molecule has 0 spiro atoms. The van der Waals surface area contributed by atoms with E-state index in [1.54, 1.807) is 0 Å². The van der Waals surface area contributed by atoms with Crippen LogP contribution >= 0.6 is 0 Å². The van der Waals surface area contributed by atoms with Crippen molar-refractivity contribution in [3.8, 4) is 0 Å². The summed E-state index contributed by atoms with van der Waals surface area (Å²) in [5.41, 5.74) is -0.417. The van der Waals surface area contributed by atoms with Crippen molar-refractivity contribution < 1.29 is 9.84 Å². The predicted octanol–water partition coefficient (Wildman–Crippen LogP) is 0.668. The summed E-state index contributed by atoms with van der Waals surface area (Å²) in [7, 11) is 0. The third kappa shape index (κ3) is 1.38. The summed E-state index contributed by atoms with van der Waals surface area (Å²) in [6, 6.07) is 1.13. The van der Waals surface area contributed by atoms with Crippen molar-refractivity contribution in [2.75, 3.05) is 13.2 Å². The minimum Gasteiger partial charge on any atom is -0.389 e. The normalized spacial score (nSPS) is 48.6. The molecule has 0 aromatic rings. The Morgan fingerprint density at radius 1 is 1.14 bits per heavy atom. The first-order valence-corrected chi connectivity index (χ1v) is 5.82. The van der Waals surface area contributed by atoms with Crippen molar-refractivity contribution in [3.05, 3.63) is 0 Å². The number of piperidine rings is 2. The molecular formula is C11H19NO2. The maximum absolute atomic E-state index is 10.6. The van der Waals surface area contributed by atoms with Crippen LogP contribution in [0.5, 0.6) is 0 Å². The van der Waals surface area contributed by atoms with E-state index in [2.05, 4.69) is 5.32 Å². The van der Waals surface area contributed by atoms with Crippen molar-refractivity contribution in [1.82, 2.24) is 5.32 Å². The van der Waals surface area contributed by atoms with E-state index in [9.17, 15) is 5.11 Å². The van der Waals surface area contributed by atoms with Crippen LogP contribution in [0.15, 0.2) is 0 Å². The summed E-state index contributed by atoms with van der Waals surface area (Å²) in [5.74, 6) is 0.410. The van der Waals surface area contributed by atoms with Crippen LogP contribution in [0.2, 0.25) is 0 Å². The number of hydrogen-bond acceptors (Lipinski definition) is 3. The van der Waals surface area contributed by atoms with Crippen molar-refractivity contribution >= 4 is 0 Å². The lowest BCUT2D eigenvalue weighted by atomic mass is 9.70. The molecule has 0 radical (unpaired) electrons. The van der Waals surface area contributed by atoms with Crippen LogP contribution in [0, 0.1) is 5.92 Å². The molecule has 0 saturated carbocycles. The molecule has 2 atom stereocenters. The Morgan fingerprint density at radius 3 is 2.29 bits per heavy atom. The number of hydrogen-bond donors (Lipinski definition) is 2. The molecule has 14 heavy (non-hydrogen) atoms. The number of ether oxygens (including phenoxy) is 1. The lowest BCUT2D eigenvalue weighted by molar-refractivity contribution is -0.170. The summed E-state index contributed by atoms with van der Waals surface area (Å²) < 4.78 is 5.20. The average molecular weight is 197 g/mol. The molecule has 0 amide bonds. The van der Waals surface area contributed by atoms with Crippen molar-refractivity contribution in [2.45, 2.75) is 49.8 Å². The maximum atomic E-state index is 10.6. The summed E-state index contributed by atoms with van der Waals surface area (Å²) in [6.07, 6.45) is 5.70. The van der Waals surface area contributed by atoms with Crippen LogP contribution in [-0.4, -0.2) is 36.0 Å². The molecular weight excluding hydrogens is 178 g/mol. The summed E-state index contributed by atoms with van der Waals surface area (Å²) >= 11 is 0. The molecule has 3 rings (SSSR count). The first-order valence-electron chi connectivity index (χ1n) is 5.82. The molecule has 2 bridgehead atoms. The van der Waals surface area contributed by atoms with E-state index >= 15 is 0 Å². The van der Waals surface area contributed by atoms with Crippen LogP contribution in [0.1, 0.15) is 32.1 Å². The molecule has 3 saturated heterocycles. The topological polar surface area (TPSA) is 41.5 Å². The van der Waals surface area contributed by atoms with E-state index in [0.29, 0.717) is 18.0 Å². The summed E-state index contributed by atoms with van der Waals surface area (Å²) in [6.45, 7) is 1.55. The van der Waals surface area contributed by atoms with Crippen molar-refractivity contribution in [3.63, 3.8) is 0 Å². The highest BCUT2D eigenvalue weighted by Gasteiger charge is 2.47. The summed E-state index contributed by atoms with van der Waals surface area (Å²) in [5, 5.41) is 14.2. The molecule has 0 aliphatic carbocycles. The lowest BCUT2D eigenvalue weighted by Crippen LogP contribution is -2.61. The quantitative estimate of drug-likeness (QED) is 0.649. The standard InChI is InChI=1S/C11H19NO2/c13-11(8-6-14-7-8)4-9-2-1-3-10(5-11)12-9/h8-10,12-13H,1-7H2. The maximum Gasteiger partial charge on any atom is 0.0749 e. The van der Waals surface area contributed by atoms with Gasteiger partial charge in [0.05, 0.1) is 18.8 Å². The molecule has 2 unspecified atom stereocenters. The van der Waals surface area contributed by atoms with Gasteiger partial charge in [0.2, 0.25) is 0 Å². The Morgan fingerprint density at radius 2 is 1.79 bits per heavy atom. The Bertz CT molecular complexity index is 215. The van der Waals surface area contributed by atoms with Crippen molar-refractivity contribution in [2.24, 2.45) is 5.92 Å². The summed E-state index contributed by atoms with van der Waals surface area (Å²) in [4.78, 5) is 0. The van der Waals surface area contributed by atoms with Crippen LogP contribution in [0.3, 0.4) is 0 Å². The molecule has 3 aliphatic rings. The Kier molecular flexibility index (Phi) is 2.08. The van der Waals surface area contributed by atoms with Crippen LogP contribution in [-0.2, 0) is 4.74 Å². The minimum atomic E-state index is -0.417. The van der Waals surface area contributed by atoms with Crippen LogP contribution in [0.4, 0.5) is 0 Å². The zero-order valence-electron chi connectivity index (χ0n) is 8.54. The van der Waals surface area contributed by atoms with Gasteiger partial charge in [0, 0.05) is 18.0 Å². The molecule has 80 valence electrons. The first-order chi connectivity index (χ1) is 6.76. The number of aliphatic hydroxyl groups is 1. The van der Waals surface area contributed by atoms with Gasteiger partial charge in [-0.25, -0.2) is 0 Å². The second-order valence-electron chi connectivity index (χ2n) is 5.24. The molecule has 2 N–H and O–H groups in total. The highest BCUT2D eigenvalue weighted by molar-refractivity contribution is 5.02. The van der Waals surface area contributed by atoms with Gasteiger partial charge in [-0.3, -0.25) is 0 Å². The highest BCUT2D eigenvalue weighted by Crippen LogP contribution is 2.39. The molecule has 3 fully saturated rings. The second-order valence-corrected chi connectivity index (χ2v) is 5.24. The number of fused-ring (bicyclic) bond motifs is 2. The predicted molar refractivity (Wildman–Crippen MR) is 53.1 cm³/mol. The van der Waals surface area contributed by atoms with Crippen molar-refractivity contribution in [1.29, 1.82) is 0 Å². The van der Waals surface area contributed by atoms with Crippen LogP contribution < -0.4 is 5.32 Å². The van der Waals surface area contributed by atoms with E-state index in [1.807, 2.05) is 0 Å². The van der Waals surface area contributed by atoms with E-state index < -0.39 is 5.60 Å². The monoisotopic (exact) mass is 197 g/mol. The SMILES string of the molecule is OC1(C2COC2)CC2CCCC(C1)N2. The lowest BCUT2D eigenvalue weighted by Gasteiger charge is -2.50. The molecule has 0 aromatic heterocycles. The van der Waals surface area contributed by atoms with E-state index in [0.717, 1.165) is 26.1 Å². The minimum absolute atomic E-state index is 0.410. The van der Waals surface area contributed by atoms with Gasteiger partial charge in [0.1, 0.15) is 0 Å². The fraction of sp³-hybridized carbons (Fsp3) is 1.00. The number of rotatable bonds is 1. The van der Waals surface area contributed by atoms with Gasteiger partial charge in [-0.05, 0) is 25.7 Å². The van der Waals surface area contributed by atoms with Gasteiger partial charge >= 0.3 is 0 Å². The Balaban J connectivity index is 1.74. The average Bonchev–Trinajstić information content (AvgIpc) is 1.97. The number of nitrogens with one attached hydrogen (secondary N) is 1. The van der Waals surface area contributed by atoms with Gasteiger partial charge in [-0.15, -0.1) is 0 Å². The van der Waals surface area contributed by atoms with Gasteiger partial charge in [0.25, 0.3) is 0 Å². The zero-order valence-corrected chi connectivity index (χ0v) is 8.54. The van der Waals surface area contributed by atoms with E-state index in [-0.39, 0.29) is 0 Å². The fourth-order valence-electron chi connectivity index (χ4n) is 3.25. The van der Waals surface area contributed by atoms with E-state index in [4.69, 9.17) is 4.74 Å². The highest BCUT2D eigenvalue weighted by atomic mass is 16.5. The van der Waals surface area contributed by atoms with Gasteiger partial charge in [-0.1, -0.05) is 6.42 Å². The second kappa shape index (κ2) is 3.19. The fourth-order valence-corrected chi connectivity index (χ4v) is 3.25. The zero-order chi connectivity index (χ0) is 9.60. The van der Waals surface area contributed by atoms with Gasteiger partial charge in [-0.2, -0.15) is 0 Å². The molecule has 3 heterocycles. The third-order valence-corrected chi connectivity index (χ3v) is 4.17. The smallest absolute Gasteiger partial charge is 0.0749 e. The Labute approximate surface area is 84.8 Å².